The van der Waals surface area contributed by atoms with Crippen LogP contribution in [0.15, 0.2) is 42.5 Å². The van der Waals surface area contributed by atoms with Crippen LogP contribution in [0.25, 0.3) is 0 Å². The topological polar surface area (TPSA) is 55.8 Å². The summed E-state index contributed by atoms with van der Waals surface area (Å²) in [4.78, 5) is 26.7. The molecule has 0 bridgehead atoms. The molecule has 5 nitrogen and oxygen atoms in total. The Morgan fingerprint density at radius 1 is 1.07 bits per heavy atom. The molecule has 0 spiro atoms. The summed E-state index contributed by atoms with van der Waals surface area (Å²) in [5.74, 6) is 0.832. The SMILES string of the molecule is COc1ccc(C(=O)c2c([C]=O)cccc2OCCN2CCCCC2)cc1. The number of carbonyl (C=O) groups excluding carboxylic acids is 2. The van der Waals surface area contributed by atoms with Crippen LogP contribution in [0.5, 0.6) is 11.5 Å². The lowest BCUT2D eigenvalue weighted by atomic mass is 9.98. The minimum absolute atomic E-state index is 0.214. The van der Waals surface area contributed by atoms with E-state index in [1.54, 1.807) is 49.6 Å². The van der Waals surface area contributed by atoms with Gasteiger partial charge in [0.05, 0.1) is 12.7 Å². The average molecular weight is 366 g/mol. The Hall–Kier alpha value is -2.66. The molecule has 1 aliphatic rings. The van der Waals surface area contributed by atoms with Crippen molar-refractivity contribution in [1.82, 2.24) is 4.90 Å². The van der Waals surface area contributed by atoms with E-state index < -0.39 is 0 Å². The fourth-order valence-corrected chi connectivity index (χ4v) is 3.33. The lowest BCUT2D eigenvalue weighted by Crippen LogP contribution is -2.33. The first-order valence-corrected chi connectivity index (χ1v) is 9.28. The van der Waals surface area contributed by atoms with Crippen molar-refractivity contribution in [2.45, 2.75) is 19.3 Å². The standard InChI is InChI=1S/C22H24NO4/c1-26-19-10-8-17(9-11-19)22(25)21-18(16-24)6-5-7-20(21)27-15-14-23-12-3-2-4-13-23/h5-11H,2-4,12-15H2,1H3. The Bertz CT molecular complexity index is 779. The molecule has 3 rings (SSSR count). The second-order valence-electron chi connectivity index (χ2n) is 6.59. The number of piperidine rings is 1. The zero-order valence-corrected chi connectivity index (χ0v) is 15.6. The molecule has 2 aromatic carbocycles. The maximum absolute atomic E-state index is 13.0. The van der Waals surface area contributed by atoms with Crippen molar-refractivity contribution in [3.8, 4) is 11.5 Å². The van der Waals surface area contributed by atoms with E-state index in [0.717, 1.165) is 19.6 Å². The fraction of sp³-hybridized carbons (Fsp3) is 0.364. The molecule has 0 amide bonds. The van der Waals surface area contributed by atoms with Gasteiger partial charge >= 0.3 is 0 Å². The molecule has 5 heteroatoms. The minimum atomic E-state index is -0.260. The van der Waals surface area contributed by atoms with Crippen LogP contribution in [-0.2, 0) is 4.79 Å². The Balaban J connectivity index is 1.77. The first kappa shape index (κ1) is 19.1. The highest BCUT2D eigenvalue weighted by atomic mass is 16.5. The molecule has 0 atom stereocenters. The molecule has 141 valence electrons. The maximum Gasteiger partial charge on any atom is 0.234 e. The van der Waals surface area contributed by atoms with E-state index in [-0.39, 0.29) is 16.9 Å². The maximum atomic E-state index is 13.0. The first-order chi connectivity index (χ1) is 13.2. The van der Waals surface area contributed by atoms with Gasteiger partial charge in [-0.05, 0) is 62.3 Å². The molecule has 0 aromatic heterocycles. The normalized spacial score (nSPS) is 14.6. The van der Waals surface area contributed by atoms with E-state index in [4.69, 9.17) is 9.47 Å². The van der Waals surface area contributed by atoms with Crippen LogP contribution in [0.3, 0.4) is 0 Å². The Morgan fingerprint density at radius 3 is 2.48 bits per heavy atom. The van der Waals surface area contributed by atoms with Crippen molar-refractivity contribution in [3.63, 3.8) is 0 Å². The molecule has 1 radical (unpaired) electrons. The molecule has 1 fully saturated rings. The molecule has 1 heterocycles. The van der Waals surface area contributed by atoms with Crippen molar-refractivity contribution in [3.05, 3.63) is 59.2 Å². The van der Waals surface area contributed by atoms with Crippen LogP contribution >= 0.6 is 0 Å². The second kappa shape index (κ2) is 9.33. The van der Waals surface area contributed by atoms with Crippen molar-refractivity contribution in [2.75, 3.05) is 33.4 Å². The number of nitrogens with zero attached hydrogens (tertiary/aromatic N) is 1. The molecular formula is C22H24NO4. The smallest absolute Gasteiger partial charge is 0.234 e. The lowest BCUT2D eigenvalue weighted by molar-refractivity contribution is 0.103. The summed E-state index contributed by atoms with van der Waals surface area (Å²) in [5, 5.41) is 0. The largest absolute Gasteiger partial charge is 0.497 e. The highest BCUT2D eigenvalue weighted by Crippen LogP contribution is 2.26. The van der Waals surface area contributed by atoms with Gasteiger partial charge in [-0.3, -0.25) is 14.5 Å². The number of benzene rings is 2. The van der Waals surface area contributed by atoms with E-state index in [9.17, 15) is 9.59 Å². The van der Waals surface area contributed by atoms with Gasteiger partial charge in [0.1, 0.15) is 18.1 Å². The molecule has 27 heavy (non-hydrogen) atoms. The average Bonchev–Trinajstić information content (AvgIpc) is 2.74. The second-order valence-corrected chi connectivity index (χ2v) is 6.59. The van der Waals surface area contributed by atoms with Gasteiger partial charge in [-0.25, -0.2) is 0 Å². The van der Waals surface area contributed by atoms with Crippen molar-refractivity contribution in [2.24, 2.45) is 0 Å². The van der Waals surface area contributed by atoms with Gasteiger partial charge in [-0.2, -0.15) is 0 Å². The number of methoxy groups -OCH3 is 1. The number of hydrogen-bond donors (Lipinski definition) is 0. The zero-order chi connectivity index (χ0) is 19.1. The van der Waals surface area contributed by atoms with E-state index in [1.807, 2.05) is 6.29 Å². The molecule has 1 aliphatic heterocycles. The summed E-state index contributed by atoms with van der Waals surface area (Å²) >= 11 is 0. The molecule has 0 aliphatic carbocycles. The third-order valence-corrected chi connectivity index (χ3v) is 4.83. The van der Waals surface area contributed by atoms with E-state index in [2.05, 4.69) is 4.90 Å². The molecule has 1 saturated heterocycles. The third kappa shape index (κ3) is 4.74. The van der Waals surface area contributed by atoms with Gasteiger partial charge in [0, 0.05) is 17.7 Å². The summed E-state index contributed by atoms with van der Waals surface area (Å²) in [6.45, 7) is 3.46. The minimum Gasteiger partial charge on any atom is -0.497 e. The van der Waals surface area contributed by atoms with Gasteiger partial charge < -0.3 is 9.47 Å². The third-order valence-electron chi connectivity index (χ3n) is 4.83. The Kier molecular flexibility index (Phi) is 6.60. The number of likely N-dealkylation sites (tertiary alicyclic amines) is 1. The van der Waals surface area contributed by atoms with Crippen LogP contribution in [0.2, 0.25) is 0 Å². The highest BCUT2D eigenvalue weighted by Gasteiger charge is 2.20. The number of ketones is 1. The van der Waals surface area contributed by atoms with E-state index in [0.29, 0.717) is 23.7 Å². The van der Waals surface area contributed by atoms with Gasteiger partial charge in [0.2, 0.25) is 6.29 Å². The van der Waals surface area contributed by atoms with Gasteiger partial charge in [-0.1, -0.05) is 12.5 Å². The van der Waals surface area contributed by atoms with Crippen molar-refractivity contribution >= 4 is 12.1 Å². The van der Waals surface area contributed by atoms with Crippen LogP contribution in [0.1, 0.15) is 40.7 Å². The highest BCUT2D eigenvalue weighted by molar-refractivity contribution is 6.14. The van der Waals surface area contributed by atoms with E-state index in [1.165, 1.54) is 19.3 Å². The molecule has 0 saturated carbocycles. The number of rotatable bonds is 8. The molecular weight excluding hydrogens is 342 g/mol. The lowest BCUT2D eigenvalue weighted by Gasteiger charge is -2.26. The van der Waals surface area contributed by atoms with Gasteiger partial charge in [0.25, 0.3) is 0 Å². The van der Waals surface area contributed by atoms with Crippen molar-refractivity contribution < 1.29 is 19.1 Å². The van der Waals surface area contributed by atoms with E-state index >= 15 is 0 Å². The summed E-state index contributed by atoms with van der Waals surface area (Å²) in [6, 6.07) is 11.8. The van der Waals surface area contributed by atoms with Gasteiger partial charge in [0.15, 0.2) is 5.78 Å². The zero-order valence-electron chi connectivity index (χ0n) is 15.6. The van der Waals surface area contributed by atoms with Crippen LogP contribution in [0, 0.1) is 0 Å². The Labute approximate surface area is 159 Å². The number of carbonyl (C=O) groups is 1. The van der Waals surface area contributed by atoms with Crippen LogP contribution < -0.4 is 9.47 Å². The summed E-state index contributed by atoms with van der Waals surface area (Å²) in [7, 11) is 1.57. The van der Waals surface area contributed by atoms with Crippen LogP contribution in [-0.4, -0.2) is 50.3 Å². The summed E-state index contributed by atoms with van der Waals surface area (Å²) in [5.41, 5.74) is 0.946. The summed E-state index contributed by atoms with van der Waals surface area (Å²) in [6.07, 6.45) is 5.59. The Morgan fingerprint density at radius 2 is 1.81 bits per heavy atom. The molecule has 0 N–H and O–H groups in total. The predicted molar refractivity (Wildman–Crippen MR) is 103 cm³/mol. The fourth-order valence-electron chi connectivity index (χ4n) is 3.33. The monoisotopic (exact) mass is 366 g/mol. The summed E-state index contributed by atoms with van der Waals surface area (Å²) < 4.78 is 11.0. The molecule has 2 aromatic rings. The predicted octanol–water partition coefficient (Wildman–Crippen LogP) is 3.25. The number of ether oxygens (including phenoxy) is 2. The molecule has 0 unspecified atom stereocenters. The quantitative estimate of drug-likeness (QED) is 0.671. The van der Waals surface area contributed by atoms with Crippen molar-refractivity contribution in [1.29, 1.82) is 0 Å². The first-order valence-electron chi connectivity index (χ1n) is 9.28. The van der Waals surface area contributed by atoms with Crippen LogP contribution in [0.4, 0.5) is 0 Å². The number of hydrogen-bond acceptors (Lipinski definition) is 5. The van der Waals surface area contributed by atoms with Gasteiger partial charge in [-0.15, -0.1) is 0 Å².